The first kappa shape index (κ1) is 17.0. The summed E-state index contributed by atoms with van der Waals surface area (Å²) in [6.07, 6.45) is 5.65. The molecule has 2 aromatic heterocycles. The lowest BCUT2D eigenvalue weighted by Gasteiger charge is -2.10. The summed E-state index contributed by atoms with van der Waals surface area (Å²) in [5.41, 5.74) is 0.946. The van der Waals surface area contributed by atoms with E-state index in [2.05, 4.69) is 9.97 Å². The number of hydrogen-bond acceptors (Lipinski definition) is 4. The standard InChI is InChI=1S/C9H13NO.C8H11NO/c1-7(2)11-9-5-4-6-10-8(9)3;1-7(2)10-8-4-3-5-9-6-8/h4-7H,1-3H3;3-7H,1-2H3. The number of rotatable bonds is 4. The highest BCUT2D eigenvalue weighted by Gasteiger charge is 2.00. The molecule has 0 unspecified atom stereocenters. The minimum atomic E-state index is 0.220. The van der Waals surface area contributed by atoms with Crippen LogP contribution in [0, 0.1) is 6.92 Å². The van der Waals surface area contributed by atoms with Crippen molar-refractivity contribution < 1.29 is 9.47 Å². The summed E-state index contributed by atoms with van der Waals surface area (Å²) in [6, 6.07) is 7.57. The molecule has 0 aromatic carbocycles. The Kier molecular flexibility index (Phi) is 7.23. The summed E-state index contributed by atoms with van der Waals surface area (Å²) in [5.74, 6) is 1.71. The topological polar surface area (TPSA) is 44.2 Å². The third-order valence-electron chi connectivity index (χ3n) is 2.33. The first-order valence-corrected chi connectivity index (χ1v) is 7.14. The van der Waals surface area contributed by atoms with Crippen molar-refractivity contribution in [3.05, 3.63) is 48.5 Å². The zero-order chi connectivity index (χ0) is 15.7. The quantitative estimate of drug-likeness (QED) is 0.851. The summed E-state index contributed by atoms with van der Waals surface area (Å²) >= 11 is 0. The van der Waals surface area contributed by atoms with Crippen LogP contribution in [-0.2, 0) is 0 Å². The van der Waals surface area contributed by atoms with Crippen LogP contribution in [0.5, 0.6) is 11.5 Å². The molecule has 0 N–H and O–H groups in total. The maximum atomic E-state index is 5.48. The van der Waals surface area contributed by atoms with Gasteiger partial charge in [-0.3, -0.25) is 9.97 Å². The van der Waals surface area contributed by atoms with Gasteiger partial charge >= 0.3 is 0 Å². The van der Waals surface area contributed by atoms with Crippen molar-refractivity contribution in [2.45, 2.75) is 46.8 Å². The normalized spacial score (nSPS) is 10.0. The first-order valence-electron chi connectivity index (χ1n) is 7.14. The average molecular weight is 288 g/mol. The molecule has 0 bridgehead atoms. The summed E-state index contributed by atoms with van der Waals surface area (Å²) in [5, 5.41) is 0. The van der Waals surface area contributed by atoms with Gasteiger partial charge in [0.05, 0.1) is 24.1 Å². The molecule has 0 aliphatic carbocycles. The van der Waals surface area contributed by atoms with Crippen LogP contribution in [0.25, 0.3) is 0 Å². The molecule has 0 saturated heterocycles. The van der Waals surface area contributed by atoms with Gasteiger partial charge in [-0.2, -0.15) is 0 Å². The summed E-state index contributed by atoms with van der Waals surface area (Å²) in [7, 11) is 0. The van der Waals surface area contributed by atoms with Crippen molar-refractivity contribution in [1.29, 1.82) is 0 Å². The van der Waals surface area contributed by atoms with E-state index in [9.17, 15) is 0 Å². The molecule has 4 heteroatoms. The van der Waals surface area contributed by atoms with Crippen LogP contribution >= 0.6 is 0 Å². The van der Waals surface area contributed by atoms with Crippen molar-refractivity contribution in [1.82, 2.24) is 9.97 Å². The molecular formula is C17H24N2O2. The maximum Gasteiger partial charge on any atom is 0.140 e. The fraction of sp³-hybridized carbons (Fsp3) is 0.412. The third kappa shape index (κ3) is 7.30. The van der Waals surface area contributed by atoms with Gasteiger partial charge in [0.1, 0.15) is 11.5 Å². The molecule has 0 fully saturated rings. The number of ether oxygens (including phenoxy) is 2. The minimum absolute atomic E-state index is 0.220. The van der Waals surface area contributed by atoms with Gasteiger partial charge in [-0.25, -0.2) is 0 Å². The van der Waals surface area contributed by atoms with Gasteiger partial charge in [-0.1, -0.05) is 0 Å². The van der Waals surface area contributed by atoms with Crippen molar-refractivity contribution in [3.8, 4) is 11.5 Å². The predicted octanol–water partition coefficient (Wildman–Crippen LogP) is 4.05. The zero-order valence-corrected chi connectivity index (χ0v) is 13.4. The van der Waals surface area contributed by atoms with E-state index < -0.39 is 0 Å². The van der Waals surface area contributed by atoms with E-state index in [1.54, 1.807) is 18.6 Å². The summed E-state index contributed by atoms with van der Waals surface area (Å²) in [4.78, 5) is 8.02. The Morgan fingerprint density at radius 1 is 0.905 bits per heavy atom. The Morgan fingerprint density at radius 3 is 2.10 bits per heavy atom. The lowest BCUT2D eigenvalue weighted by Crippen LogP contribution is -2.06. The molecule has 0 radical (unpaired) electrons. The van der Waals surface area contributed by atoms with E-state index in [1.165, 1.54) is 0 Å². The van der Waals surface area contributed by atoms with Crippen LogP contribution in [0.15, 0.2) is 42.9 Å². The maximum absolute atomic E-state index is 5.48. The van der Waals surface area contributed by atoms with Crippen LogP contribution in [-0.4, -0.2) is 22.2 Å². The van der Waals surface area contributed by atoms with Crippen molar-refractivity contribution in [2.75, 3.05) is 0 Å². The van der Waals surface area contributed by atoms with Crippen LogP contribution in [0.1, 0.15) is 33.4 Å². The van der Waals surface area contributed by atoms with E-state index in [0.717, 1.165) is 17.2 Å². The van der Waals surface area contributed by atoms with Crippen LogP contribution in [0.2, 0.25) is 0 Å². The van der Waals surface area contributed by atoms with Gasteiger partial charge in [0.2, 0.25) is 0 Å². The lowest BCUT2D eigenvalue weighted by molar-refractivity contribution is 0.239. The molecule has 0 spiro atoms. The fourth-order valence-corrected chi connectivity index (χ4v) is 1.54. The molecular weight excluding hydrogens is 264 g/mol. The van der Waals surface area contributed by atoms with Crippen molar-refractivity contribution >= 4 is 0 Å². The molecule has 0 saturated carbocycles. The molecule has 2 heterocycles. The van der Waals surface area contributed by atoms with Crippen molar-refractivity contribution in [2.24, 2.45) is 0 Å². The number of pyridine rings is 2. The summed E-state index contributed by atoms with van der Waals surface area (Å²) < 4.78 is 10.8. The average Bonchev–Trinajstić information content (AvgIpc) is 2.42. The molecule has 0 amide bonds. The number of hydrogen-bond donors (Lipinski definition) is 0. The van der Waals surface area contributed by atoms with Gasteiger partial charge in [0.15, 0.2) is 0 Å². The molecule has 2 rings (SSSR count). The van der Waals surface area contributed by atoms with Gasteiger partial charge in [-0.05, 0) is 58.9 Å². The first-order chi connectivity index (χ1) is 9.99. The van der Waals surface area contributed by atoms with E-state index in [-0.39, 0.29) is 12.2 Å². The highest BCUT2D eigenvalue weighted by molar-refractivity contribution is 5.25. The second-order valence-electron chi connectivity index (χ2n) is 5.11. The fourth-order valence-electron chi connectivity index (χ4n) is 1.54. The number of aryl methyl sites for hydroxylation is 1. The highest BCUT2D eigenvalue weighted by atomic mass is 16.5. The lowest BCUT2D eigenvalue weighted by atomic mass is 10.3. The molecule has 4 nitrogen and oxygen atoms in total. The van der Waals surface area contributed by atoms with Crippen LogP contribution in [0.3, 0.4) is 0 Å². The zero-order valence-electron chi connectivity index (χ0n) is 13.4. The molecule has 114 valence electrons. The molecule has 0 aliphatic rings. The van der Waals surface area contributed by atoms with E-state index in [0.29, 0.717) is 0 Å². The Hall–Kier alpha value is -2.10. The summed E-state index contributed by atoms with van der Waals surface area (Å²) in [6.45, 7) is 9.94. The van der Waals surface area contributed by atoms with Crippen LogP contribution in [0.4, 0.5) is 0 Å². The highest BCUT2D eigenvalue weighted by Crippen LogP contribution is 2.14. The Bertz CT molecular complexity index is 513. The van der Waals surface area contributed by atoms with Gasteiger partial charge in [0, 0.05) is 12.4 Å². The van der Waals surface area contributed by atoms with Crippen LogP contribution < -0.4 is 9.47 Å². The molecule has 2 aromatic rings. The second kappa shape index (κ2) is 8.95. The predicted molar refractivity (Wildman–Crippen MR) is 84.7 cm³/mol. The Labute approximate surface area is 127 Å². The third-order valence-corrected chi connectivity index (χ3v) is 2.33. The monoisotopic (exact) mass is 288 g/mol. The molecule has 21 heavy (non-hydrogen) atoms. The Balaban J connectivity index is 0.000000211. The number of aromatic nitrogens is 2. The van der Waals surface area contributed by atoms with Gasteiger partial charge in [-0.15, -0.1) is 0 Å². The minimum Gasteiger partial charge on any atom is -0.489 e. The van der Waals surface area contributed by atoms with Gasteiger partial charge in [0.25, 0.3) is 0 Å². The largest absolute Gasteiger partial charge is 0.489 e. The van der Waals surface area contributed by atoms with Crippen molar-refractivity contribution in [3.63, 3.8) is 0 Å². The SMILES string of the molecule is CC(C)Oc1cccnc1.Cc1ncccc1OC(C)C. The van der Waals surface area contributed by atoms with Gasteiger partial charge < -0.3 is 9.47 Å². The van der Waals surface area contributed by atoms with E-state index in [1.807, 2.05) is 58.9 Å². The molecule has 0 aliphatic heterocycles. The van der Waals surface area contributed by atoms with E-state index >= 15 is 0 Å². The second-order valence-corrected chi connectivity index (χ2v) is 5.11. The molecule has 0 atom stereocenters. The Morgan fingerprint density at radius 2 is 1.57 bits per heavy atom. The number of nitrogens with zero attached hydrogens (tertiary/aromatic N) is 2. The smallest absolute Gasteiger partial charge is 0.140 e. The van der Waals surface area contributed by atoms with E-state index in [4.69, 9.17) is 9.47 Å².